The fourth-order valence-corrected chi connectivity index (χ4v) is 3.60. The fourth-order valence-electron chi connectivity index (χ4n) is 2.07. The van der Waals surface area contributed by atoms with Gasteiger partial charge in [0.15, 0.2) is 9.84 Å². The Morgan fingerprint density at radius 3 is 2.43 bits per heavy atom. The standard InChI is InChI=1S/C16H21NO3S/c1-12(2)17-10-14-8-9-15(20-14)11-21(18,19)16-7-5-4-6-13(16)3/h4-9,12,17H,10-11H2,1-3H3. The number of benzene rings is 1. The molecule has 1 heterocycles. The van der Waals surface area contributed by atoms with Crippen molar-refractivity contribution >= 4 is 9.84 Å². The Bertz CT molecular complexity index is 702. The van der Waals surface area contributed by atoms with Crippen molar-refractivity contribution in [3.63, 3.8) is 0 Å². The number of hydrogen-bond acceptors (Lipinski definition) is 4. The van der Waals surface area contributed by atoms with Gasteiger partial charge in [0, 0.05) is 6.04 Å². The number of hydrogen-bond donors (Lipinski definition) is 1. The van der Waals surface area contributed by atoms with E-state index in [1.807, 2.05) is 26.0 Å². The third-order valence-electron chi connectivity index (χ3n) is 3.16. The summed E-state index contributed by atoms with van der Waals surface area (Å²) in [6.45, 7) is 6.49. The van der Waals surface area contributed by atoms with Gasteiger partial charge in [-0.05, 0) is 30.7 Å². The Hall–Kier alpha value is -1.59. The van der Waals surface area contributed by atoms with E-state index in [0.717, 1.165) is 11.3 Å². The molecule has 0 saturated heterocycles. The Labute approximate surface area is 126 Å². The molecule has 0 bridgehead atoms. The van der Waals surface area contributed by atoms with E-state index in [-0.39, 0.29) is 5.75 Å². The van der Waals surface area contributed by atoms with E-state index in [9.17, 15) is 8.42 Å². The van der Waals surface area contributed by atoms with Gasteiger partial charge in [-0.25, -0.2) is 8.42 Å². The SMILES string of the molecule is Cc1ccccc1S(=O)(=O)Cc1ccc(CNC(C)C)o1. The second kappa shape index (κ2) is 6.45. The summed E-state index contributed by atoms with van der Waals surface area (Å²) in [5.74, 6) is 1.11. The summed E-state index contributed by atoms with van der Waals surface area (Å²) >= 11 is 0. The lowest BCUT2D eigenvalue weighted by Gasteiger charge is -2.06. The Kier molecular flexibility index (Phi) is 4.85. The van der Waals surface area contributed by atoms with Crippen molar-refractivity contribution in [2.24, 2.45) is 0 Å². The van der Waals surface area contributed by atoms with Gasteiger partial charge >= 0.3 is 0 Å². The summed E-state index contributed by atoms with van der Waals surface area (Å²) in [6, 6.07) is 10.9. The van der Waals surface area contributed by atoms with Gasteiger partial charge in [0.25, 0.3) is 0 Å². The Morgan fingerprint density at radius 2 is 1.76 bits per heavy atom. The van der Waals surface area contributed by atoms with Gasteiger partial charge in [0.05, 0.1) is 11.4 Å². The molecule has 0 spiro atoms. The predicted octanol–water partition coefficient (Wildman–Crippen LogP) is 3.06. The molecular weight excluding hydrogens is 286 g/mol. The number of sulfone groups is 1. The zero-order valence-electron chi connectivity index (χ0n) is 12.6. The van der Waals surface area contributed by atoms with E-state index in [1.54, 1.807) is 31.2 Å². The first-order valence-corrected chi connectivity index (χ1v) is 8.63. The first-order valence-electron chi connectivity index (χ1n) is 6.98. The maximum absolute atomic E-state index is 12.4. The zero-order chi connectivity index (χ0) is 15.5. The Balaban J connectivity index is 2.13. The molecule has 0 amide bonds. The van der Waals surface area contributed by atoms with Crippen LogP contribution in [-0.2, 0) is 22.1 Å². The van der Waals surface area contributed by atoms with Crippen LogP contribution in [0.2, 0.25) is 0 Å². The summed E-state index contributed by atoms with van der Waals surface area (Å²) < 4.78 is 30.4. The van der Waals surface area contributed by atoms with Crippen LogP contribution in [0.25, 0.3) is 0 Å². The topological polar surface area (TPSA) is 59.3 Å². The molecule has 21 heavy (non-hydrogen) atoms. The second-order valence-electron chi connectivity index (χ2n) is 5.43. The van der Waals surface area contributed by atoms with Crippen molar-refractivity contribution in [1.82, 2.24) is 5.32 Å². The van der Waals surface area contributed by atoms with E-state index < -0.39 is 9.84 Å². The summed E-state index contributed by atoms with van der Waals surface area (Å²) in [7, 11) is -3.38. The van der Waals surface area contributed by atoms with Gasteiger partial charge in [-0.1, -0.05) is 32.0 Å². The normalized spacial score (nSPS) is 12.0. The van der Waals surface area contributed by atoms with Crippen molar-refractivity contribution in [2.45, 2.75) is 44.0 Å². The van der Waals surface area contributed by atoms with E-state index in [2.05, 4.69) is 5.32 Å². The van der Waals surface area contributed by atoms with Gasteiger partial charge in [0.1, 0.15) is 17.3 Å². The van der Waals surface area contributed by atoms with Gasteiger partial charge in [-0.3, -0.25) is 0 Å². The molecule has 0 radical (unpaired) electrons. The quantitative estimate of drug-likeness (QED) is 0.891. The molecule has 1 N–H and O–H groups in total. The smallest absolute Gasteiger partial charge is 0.185 e. The second-order valence-corrected chi connectivity index (χ2v) is 7.39. The minimum Gasteiger partial charge on any atom is -0.464 e. The van der Waals surface area contributed by atoms with Crippen LogP contribution in [0.15, 0.2) is 45.7 Å². The molecule has 5 heteroatoms. The third-order valence-corrected chi connectivity index (χ3v) is 4.96. The molecule has 0 saturated carbocycles. The molecule has 4 nitrogen and oxygen atoms in total. The van der Waals surface area contributed by atoms with E-state index >= 15 is 0 Å². The highest BCUT2D eigenvalue weighted by Gasteiger charge is 2.19. The number of nitrogens with one attached hydrogen (secondary N) is 1. The van der Waals surface area contributed by atoms with Gasteiger partial charge in [0.2, 0.25) is 0 Å². The number of furan rings is 1. The molecule has 2 rings (SSSR count). The largest absolute Gasteiger partial charge is 0.464 e. The number of aryl methyl sites for hydroxylation is 1. The molecule has 0 unspecified atom stereocenters. The van der Waals surface area contributed by atoms with Gasteiger partial charge in [-0.15, -0.1) is 0 Å². The lowest BCUT2D eigenvalue weighted by atomic mass is 10.2. The van der Waals surface area contributed by atoms with Crippen molar-refractivity contribution in [1.29, 1.82) is 0 Å². The molecule has 114 valence electrons. The predicted molar refractivity (Wildman–Crippen MR) is 82.8 cm³/mol. The molecule has 0 aliphatic heterocycles. The van der Waals surface area contributed by atoms with Crippen LogP contribution in [-0.4, -0.2) is 14.5 Å². The lowest BCUT2D eigenvalue weighted by Crippen LogP contribution is -2.21. The van der Waals surface area contributed by atoms with E-state index in [4.69, 9.17) is 4.42 Å². The average molecular weight is 307 g/mol. The summed E-state index contributed by atoms with van der Waals surface area (Å²) in [5.41, 5.74) is 0.755. The molecule has 0 fully saturated rings. The van der Waals surface area contributed by atoms with Crippen LogP contribution in [0.3, 0.4) is 0 Å². The monoisotopic (exact) mass is 307 g/mol. The van der Waals surface area contributed by atoms with Crippen molar-refractivity contribution in [2.75, 3.05) is 0 Å². The lowest BCUT2D eigenvalue weighted by molar-refractivity contribution is 0.443. The van der Waals surface area contributed by atoms with E-state index in [1.165, 1.54) is 0 Å². The minimum atomic E-state index is -3.38. The molecule has 0 atom stereocenters. The van der Waals surface area contributed by atoms with Crippen LogP contribution in [0.1, 0.15) is 30.9 Å². The molecule has 1 aromatic carbocycles. The molecule has 2 aromatic rings. The molecule has 0 aliphatic rings. The molecule has 1 aromatic heterocycles. The molecule has 0 aliphatic carbocycles. The van der Waals surface area contributed by atoms with Crippen LogP contribution in [0, 0.1) is 6.92 Å². The summed E-state index contributed by atoms with van der Waals surface area (Å²) in [6.07, 6.45) is 0. The molecular formula is C16H21NO3S. The first kappa shape index (κ1) is 15.8. The number of rotatable bonds is 6. The van der Waals surface area contributed by atoms with Crippen molar-refractivity contribution in [3.8, 4) is 0 Å². The van der Waals surface area contributed by atoms with Crippen molar-refractivity contribution < 1.29 is 12.8 Å². The maximum Gasteiger partial charge on any atom is 0.185 e. The summed E-state index contributed by atoms with van der Waals surface area (Å²) in [5, 5.41) is 3.24. The summed E-state index contributed by atoms with van der Waals surface area (Å²) in [4.78, 5) is 0.364. The highest BCUT2D eigenvalue weighted by Crippen LogP contribution is 2.21. The third kappa shape index (κ3) is 4.19. The average Bonchev–Trinajstić information content (AvgIpc) is 2.83. The highest BCUT2D eigenvalue weighted by atomic mass is 32.2. The maximum atomic E-state index is 12.4. The zero-order valence-corrected chi connectivity index (χ0v) is 13.4. The van der Waals surface area contributed by atoms with Crippen molar-refractivity contribution in [3.05, 3.63) is 53.5 Å². The minimum absolute atomic E-state index is 0.112. The van der Waals surface area contributed by atoms with E-state index in [0.29, 0.717) is 23.2 Å². The van der Waals surface area contributed by atoms with Gasteiger partial charge < -0.3 is 9.73 Å². The van der Waals surface area contributed by atoms with Crippen LogP contribution in [0.4, 0.5) is 0 Å². The first-order chi connectivity index (χ1) is 9.88. The van der Waals surface area contributed by atoms with Crippen LogP contribution in [0.5, 0.6) is 0 Å². The Morgan fingerprint density at radius 1 is 1.10 bits per heavy atom. The fraction of sp³-hybridized carbons (Fsp3) is 0.375. The van der Waals surface area contributed by atoms with Crippen LogP contribution < -0.4 is 5.32 Å². The highest BCUT2D eigenvalue weighted by molar-refractivity contribution is 7.90. The van der Waals surface area contributed by atoms with Gasteiger partial charge in [-0.2, -0.15) is 0 Å². The van der Waals surface area contributed by atoms with Crippen LogP contribution >= 0.6 is 0 Å².